The van der Waals surface area contributed by atoms with E-state index in [4.69, 9.17) is 15.7 Å². The highest BCUT2D eigenvalue weighted by Gasteiger charge is 2.26. The standard InChI is InChI=1S/C24H29N5O/c25-22-20(24(30)26-17-10-4-5-11-17)21-23(28-19-13-7-6-12-18(19)27-21)29(22)15-14-16-8-2-1-3-9-16/h6-8,12-13,17H,1-5,9-11,14-15,25H2,(H,26,30). The van der Waals surface area contributed by atoms with Gasteiger partial charge in [-0.25, -0.2) is 9.97 Å². The normalized spacial score (nSPS) is 17.5. The molecule has 3 N–H and O–H groups in total. The zero-order valence-corrected chi connectivity index (χ0v) is 17.4. The van der Waals surface area contributed by atoms with Crippen LogP contribution in [0, 0.1) is 0 Å². The van der Waals surface area contributed by atoms with Crippen molar-refractivity contribution >= 4 is 33.9 Å². The highest BCUT2D eigenvalue weighted by atomic mass is 16.1. The number of rotatable bonds is 5. The number of nitrogens with zero attached hydrogens (tertiary/aromatic N) is 3. The van der Waals surface area contributed by atoms with E-state index in [0.29, 0.717) is 22.5 Å². The fourth-order valence-electron chi connectivity index (χ4n) is 4.88. The Balaban J connectivity index is 1.56. The van der Waals surface area contributed by atoms with Gasteiger partial charge in [-0.1, -0.05) is 36.6 Å². The van der Waals surface area contributed by atoms with E-state index in [1.165, 1.54) is 31.3 Å². The van der Waals surface area contributed by atoms with Gasteiger partial charge in [0.1, 0.15) is 16.9 Å². The topological polar surface area (TPSA) is 85.8 Å². The molecule has 0 spiro atoms. The minimum Gasteiger partial charge on any atom is -0.384 e. The van der Waals surface area contributed by atoms with E-state index in [9.17, 15) is 4.79 Å². The third kappa shape index (κ3) is 3.55. The quantitative estimate of drug-likeness (QED) is 0.603. The Kier molecular flexibility index (Phi) is 5.15. The van der Waals surface area contributed by atoms with Gasteiger partial charge in [0.25, 0.3) is 5.91 Å². The van der Waals surface area contributed by atoms with Gasteiger partial charge >= 0.3 is 0 Å². The Morgan fingerprint density at radius 1 is 1.10 bits per heavy atom. The van der Waals surface area contributed by atoms with Crippen LogP contribution in [-0.2, 0) is 6.54 Å². The first-order valence-electron chi connectivity index (χ1n) is 11.2. The molecule has 5 rings (SSSR count). The molecule has 3 aromatic rings. The summed E-state index contributed by atoms with van der Waals surface area (Å²) in [5.41, 5.74) is 11.5. The van der Waals surface area contributed by atoms with Crippen LogP contribution < -0.4 is 11.1 Å². The number of hydrogen-bond donors (Lipinski definition) is 2. The Morgan fingerprint density at radius 3 is 2.60 bits per heavy atom. The number of anilines is 1. The molecule has 0 bridgehead atoms. The maximum absolute atomic E-state index is 13.2. The molecule has 0 radical (unpaired) electrons. The number of carbonyl (C=O) groups is 1. The molecule has 0 aliphatic heterocycles. The van der Waals surface area contributed by atoms with Crippen LogP contribution in [0.1, 0.15) is 68.1 Å². The number of para-hydroxylation sites is 2. The lowest BCUT2D eigenvalue weighted by Crippen LogP contribution is -2.33. The molecule has 2 aliphatic rings. The second-order valence-electron chi connectivity index (χ2n) is 8.61. The van der Waals surface area contributed by atoms with E-state index in [2.05, 4.69) is 11.4 Å². The third-order valence-electron chi connectivity index (χ3n) is 6.55. The van der Waals surface area contributed by atoms with Crippen LogP contribution >= 0.6 is 0 Å². The molecule has 30 heavy (non-hydrogen) atoms. The second-order valence-corrected chi connectivity index (χ2v) is 8.61. The predicted molar refractivity (Wildman–Crippen MR) is 120 cm³/mol. The van der Waals surface area contributed by atoms with Crippen LogP contribution in [0.5, 0.6) is 0 Å². The molecule has 0 unspecified atom stereocenters. The van der Waals surface area contributed by atoms with Crippen molar-refractivity contribution in [3.05, 3.63) is 41.5 Å². The van der Waals surface area contributed by atoms with Crippen LogP contribution in [0.25, 0.3) is 22.2 Å². The van der Waals surface area contributed by atoms with E-state index in [0.717, 1.165) is 49.7 Å². The van der Waals surface area contributed by atoms with E-state index < -0.39 is 0 Å². The molecule has 2 aromatic heterocycles. The summed E-state index contributed by atoms with van der Waals surface area (Å²) in [5.74, 6) is 0.358. The first-order chi connectivity index (χ1) is 14.7. The SMILES string of the molecule is Nc1c(C(=O)NC2CCCC2)c2nc3ccccc3nc2n1CCC1=CCCCC1. The summed E-state index contributed by atoms with van der Waals surface area (Å²) in [7, 11) is 0. The summed E-state index contributed by atoms with van der Waals surface area (Å²) >= 11 is 0. The fraction of sp³-hybridized carbons (Fsp3) is 0.458. The number of nitrogens with two attached hydrogens (primary N) is 1. The summed E-state index contributed by atoms with van der Waals surface area (Å²) in [6.07, 6.45) is 12.6. The van der Waals surface area contributed by atoms with Crippen LogP contribution in [0.2, 0.25) is 0 Å². The molecule has 6 heteroatoms. The Bertz CT molecular complexity index is 1120. The summed E-state index contributed by atoms with van der Waals surface area (Å²) < 4.78 is 1.99. The van der Waals surface area contributed by atoms with Crippen molar-refractivity contribution in [2.45, 2.75) is 70.4 Å². The number of aromatic nitrogens is 3. The Hall–Kier alpha value is -2.89. The number of nitrogen functional groups attached to an aromatic ring is 1. The third-order valence-corrected chi connectivity index (χ3v) is 6.55. The minimum atomic E-state index is -0.121. The molecule has 1 aromatic carbocycles. The maximum atomic E-state index is 13.2. The van der Waals surface area contributed by atoms with Gasteiger partial charge in [0.15, 0.2) is 5.65 Å². The van der Waals surface area contributed by atoms with Crippen molar-refractivity contribution in [3.63, 3.8) is 0 Å². The fourth-order valence-corrected chi connectivity index (χ4v) is 4.88. The Labute approximate surface area is 176 Å². The van der Waals surface area contributed by atoms with Crippen molar-refractivity contribution < 1.29 is 4.79 Å². The number of amides is 1. The number of allylic oxidation sites excluding steroid dienone is 2. The average Bonchev–Trinajstić information content (AvgIpc) is 3.36. The number of carbonyl (C=O) groups excluding carboxylic acids is 1. The smallest absolute Gasteiger partial charge is 0.257 e. The molecular formula is C24H29N5O. The molecule has 0 atom stereocenters. The molecule has 1 saturated carbocycles. The summed E-state index contributed by atoms with van der Waals surface area (Å²) in [6.45, 7) is 0.720. The number of nitrogens with one attached hydrogen (secondary N) is 1. The lowest BCUT2D eigenvalue weighted by Gasteiger charge is -2.14. The van der Waals surface area contributed by atoms with Crippen molar-refractivity contribution in [3.8, 4) is 0 Å². The summed E-state index contributed by atoms with van der Waals surface area (Å²) in [5, 5.41) is 3.18. The van der Waals surface area contributed by atoms with Gasteiger partial charge in [0.05, 0.1) is 11.0 Å². The molecule has 6 nitrogen and oxygen atoms in total. The van der Waals surface area contributed by atoms with Gasteiger partial charge in [-0.3, -0.25) is 4.79 Å². The zero-order chi connectivity index (χ0) is 20.5. The first kappa shape index (κ1) is 19.1. The van der Waals surface area contributed by atoms with Crippen molar-refractivity contribution in [2.24, 2.45) is 0 Å². The number of fused-ring (bicyclic) bond motifs is 2. The van der Waals surface area contributed by atoms with Gasteiger partial charge in [-0.2, -0.15) is 0 Å². The lowest BCUT2D eigenvalue weighted by atomic mass is 9.97. The minimum absolute atomic E-state index is 0.121. The summed E-state index contributed by atoms with van der Waals surface area (Å²) in [6, 6.07) is 8.02. The molecule has 1 amide bonds. The van der Waals surface area contributed by atoms with Crippen LogP contribution in [0.4, 0.5) is 5.82 Å². The van der Waals surface area contributed by atoms with Gasteiger partial charge in [-0.05, 0) is 57.1 Å². The van der Waals surface area contributed by atoms with Crippen molar-refractivity contribution in [1.29, 1.82) is 0 Å². The van der Waals surface area contributed by atoms with E-state index in [1.54, 1.807) is 0 Å². The van der Waals surface area contributed by atoms with E-state index in [-0.39, 0.29) is 11.9 Å². The maximum Gasteiger partial charge on any atom is 0.257 e. The largest absolute Gasteiger partial charge is 0.384 e. The van der Waals surface area contributed by atoms with Crippen molar-refractivity contribution in [2.75, 3.05) is 5.73 Å². The molecular weight excluding hydrogens is 374 g/mol. The zero-order valence-electron chi connectivity index (χ0n) is 17.4. The number of benzene rings is 1. The predicted octanol–water partition coefficient (Wildman–Crippen LogP) is 4.73. The monoisotopic (exact) mass is 403 g/mol. The molecule has 156 valence electrons. The molecule has 1 fully saturated rings. The molecule has 2 heterocycles. The van der Waals surface area contributed by atoms with Crippen LogP contribution in [0.3, 0.4) is 0 Å². The average molecular weight is 404 g/mol. The second kappa shape index (κ2) is 8.09. The first-order valence-corrected chi connectivity index (χ1v) is 11.2. The van der Waals surface area contributed by atoms with Crippen LogP contribution in [0.15, 0.2) is 35.9 Å². The van der Waals surface area contributed by atoms with Crippen molar-refractivity contribution in [1.82, 2.24) is 19.9 Å². The van der Waals surface area contributed by atoms with Gasteiger partial charge < -0.3 is 15.6 Å². The van der Waals surface area contributed by atoms with Gasteiger partial charge in [0, 0.05) is 12.6 Å². The van der Waals surface area contributed by atoms with Crippen LogP contribution in [-0.4, -0.2) is 26.5 Å². The Morgan fingerprint density at radius 2 is 1.87 bits per heavy atom. The lowest BCUT2D eigenvalue weighted by molar-refractivity contribution is 0.0940. The van der Waals surface area contributed by atoms with E-state index in [1.807, 2.05) is 28.8 Å². The van der Waals surface area contributed by atoms with Gasteiger partial charge in [-0.15, -0.1) is 0 Å². The van der Waals surface area contributed by atoms with E-state index >= 15 is 0 Å². The summed E-state index contributed by atoms with van der Waals surface area (Å²) in [4.78, 5) is 22.9. The molecule has 2 aliphatic carbocycles. The molecule has 0 saturated heterocycles. The number of aryl methyl sites for hydroxylation is 1. The highest BCUT2D eigenvalue weighted by molar-refractivity contribution is 6.10. The highest BCUT2D eigenvalue weighted by Crippen LogP contribution is 2.30. The van der Waals surface area contributed by atoms with Gasteiger partial charge in [0.2, 0.25) is 0 Å². The number of hydrogen-bond acceptors (Lipinski definition) is 4.